The highest BCUT2D eigenvalue weighted by Gasteiger charge is 2.47. The Morgan fingerprint density at radius 1 is 1.00 bits per heavy atom. The van der Waals surface area contributed by atoms with E-state index in [1.165, 1.54) is 51.4 Å². The molecule has 3 N–H and O–H groups in total. The van der Waals surface area contributed by atoms with E-state index in [4.69, 9.17) is 5.73 Å². The summed E-state index contributed by atoms with van der Waals surface area (Å²) in [6.45, 7) is 7.31. The van der Waals surface area contributed by atoms with Crippen molar-refractivity contribution < 1.29 is 5.11 Å². The Morgan fingerprint density at radius 3 is 2.20 bits per heavy atom. The lowest BCUT2D eigenvalue weighted by atomic mass is 9.59. The van der Waals surface area contributed by atoms with Crippen LogP contribution in [0.15, 0.2) is 0 Å². The Bertz CT molecular complexity index is 264. The Kier molecular flexibility index (Phi) is 7.53. The molecule has 0 heterocycles. The summed E-state index contributed by atoms with van der Waals surface area (Å²) >= 11 is 0. The summed E-state index contributed by atoms with van der Waals surface area (Å²) in [6, 6.07) is 0. The Morgan fingerprint density at radius 2 is 1.60 bits per heavy atom. The van der Waals surface area contributed by atoms with Crippen LogP contribution in [0.25, 0.3) is 0 Å². The number of hydrogen-bond acceptors (Lipinski definition) is 2. The Labute approximate surface area is 126 Å². The molecule has 2 nitrogen and oxygen atoms in total. The van der Waals surface area contributed by atoms with Crippen molar-refractivity contribution >= 4 is 0 Å². The van der Waals surface area contributed by atoms with Gasteiger partial charge in [0, 0.05) is 12.0 Å². The monoisotopic (exact) mass is 283 g/mol. The number of hydrogen-bond donors (Lipinski definition) is 2. The topological polar surface area (TPSA) is 46.2 Å². The van der Waals surface area contributed by atoms with Crippen molar-refractivity contribution in [2.24, 2.45) is 16.6 Å². The summed E-state index contributed by atoms with van der Waals surface area (Å²) < 4.78 is 0. The summed E-state index contributed by atoms with van der Waals surface area (Å²) in [5, 5.41) is 10.7. The first-order chi connectivity index (χ1) is 9.48. The molecule has 0 aromatic heterocycles. The number of nitrogens with two attached hydrogens (primary N) is 1. The molecule has 2 unspecified atom stereocenters. The van der Waals surface area contributed by atoms with E-state index in [1.807, 2.05) is 0 Å². The predicted octanol–water partition coefficient (Wildman–Crippen LogP) is 4.64. The van der Waals surface area contributed by atoms with Gasteiger partial charge in [-0.1, -0.05) is 72.1 Å². The molecular formula is C18H37NO. The molecule has 1 rings (SSSR count). The van der Waals surface area contributed by atoms with Gasteiger partial charge in [0.05, 0.1) is 6.10 Å². The van der Waals surface area contributed by atoms with Gasteiger partial charge in [0.25, 0.3) is 0 Å². The molecule has 120 valence electrons. The minimum Gasteiger partial charge on any atom is -0.392 e. The quantitative estimate of drug-likeness (QED) is 0.605. The van der Waals surface area contributed by atoms with Gasteiger partial charge in [-0.3, -0.25) is 0 Å². The van der Waals surface area contributed by atoms with Gasteiger partial charge in [0.1, 0.15) is 0 Å². The fraction of sp³-hybridized carbons (Fsp3) is 1.00. The van der Waals surface area contributed by atoms with Crippen LogP contribution in [0.4, 0.5) is 0 Å². The second-order valence-corrected chi connectivity index (χ2v) is 7.68. The second kappa shape index (κ2) is 8.38. The third-order valence-electron chi connectivity index (χ3n) is 5.50. The smallest absolute Gasteiger partial charge is 0.0659 e. The van der Waals surface area contributed by atoms with E-state index in [0.29, 0.717) is 6.54 Å². The van der Waals surface area contributed by atoms with E-state index in [-0.39, 0.29) is 16.9 Å². The zero-order valence-electron chi connectivity index (χ0n) is 14.1. The van der Waals surface area contributed by atoms with Crippen molar-refractivity contribution in [1.82, 2.24) is 0 Å². The van der Waals surface area contributed by atoms with E-state index in [1.54, 1.807) is 0 Å². The van der Waals surface area contributed by atoms with E-state index in [2.05, 4.69) is 20.8 Å². The van der Waals surface area contributed by atoms with Gasteiger partial charge in [0.2, 0.25) is 0 Å². The molecule has 0 saturated heterocycles. The molecule has 1 fully saturated rings. The van der Waals surface area contributed by atoms with Gasteiger partial charge >= 0.3 is 0 Å². The molecule has 2 atom stereocenters. The molecule has 2 heteroatoms. The maximum absolute atomic E-state index is 10.7. The highest BCUT2D eigenvalue weighted by atomic mass is 16.3. The van der Waals surface area contributed by atoms with E-state index in [0.717, 1.165) is 19.3 Å². The predicted molar refractivity (Wildman–Crippen MR) is 87.7 cm³/mol. The van der Waals surface area contributed by atoms with Crippen LogP contribution in [0.2, 0.25) is 0 Å². The molecule has 0 bridgehead atoms. The number of unbranched alkanes of at least 4 members (excludes halogenated alkanes) is 6. The molecular weight excluding hydrogens is 246 g/mol. The maximum atomic E-state index is 10.7. The number of aliphatic hydroxyl groups is 1. The summed E-state index contributed by atoms with van der Waals surface area (Å²) in [4.78, 5) is 0. The van der Waals surface area contributed by atoms with Crippen LogP contribution < -0.4 is 5.73 Å². The third kappa shape index (κ3) is 4.73. The highest BCUT2D eigenvalue weighted by Crippen LogP contribution is 2.48. The zero-order valence-corrected chi connectivity index (χ0v) is 14.1. The molecule has 0 aliphatic heterocycles. The van der Waals surface area contributed by atoms with Gasteiger partial charge < -0.3 is 10.8 Å². The normalized spacial score (nSPS) is 29.6. The standard InChI is InChI=1S/C18H37NO/c1-4-5-6-7-8-9-10-13-18(15-19)14-11-12-17(2,3)16(18)20/h16,20H,4-15,19H2,1-3H3. The molecule has 0 spiro atoms. The molecule has 0 aromatic rings. The first kappa shape index (κ1) is 18.0. The summed E-state index contributed by atoms with van der Waals surface area (Å²) in [5.41, 5.74) is 6.10. The molecule has 20 heavy (non-hydrogen) atoms. The van der Waals surface area contributed by atoms with Crippen LogP contribution in [-0.2, 0) is 0 Å². The Hall–Kier alpha value is -0.0800. The van der Waals surface area contributed by atoms with Crippen LogP contribution in [0.1, 0.15) is 91.4 Å². The zero-order chi connectivity index (χ0) is 15.1. The van der Waals surface area contributed by atoms with Gasteiger partial charge in [-0.05, 0) is 24.7 Å². The molecule has 1 aliphatic carbocycles. The lowest BCUT2D eigenvalue weighted by Crippen LogP contribution is -2.52. The van der Waals surface area contributed by atoms with Gasteiger partial charge in [0.15, 0.2) is 0 Å². The molecule has 1 aliphatic rings. The molecule has 1 saturated carbocycles. The Balaban J connectivity index is 2.34. The molecule has 0 aromatic carbocycles. The van der Waals surface area contributed by atoms with Crippen LogP contribution in [0.5, 0.6) is 0 Å². The SMILES string of the molecule is CCCCCCCCCC1(CN)CCCC(C)(C)C1O. The van der Waals surface area contributed by atoms with Crippen molar-refractivity contribution in [2.75, 3.05) is 6.54 Å². The minimum absolute atomic E-state index is 0.00876. The molecule has 0 radical (unpaired) electrons. The van der Waals surface area contributed by atoms with Gasteiger partial charge in [-0.15, -0.1) is 0 Å². The van der Waals surface area contributed by atoms with Crippen molar-refractivity contribution in [1.29, 1.82) is 0 Å². The van der Waals surface area contributed by atoms with Crippen LogP contribution in [0, 0.1) is 10.8 Å². The average Bonchev–Trinajstić information content (AvgIpc) is 2.42. The van der Waals surface area contributed by atoms with Crippen LogP contribution >= 0.6 is 0 Å². The average molecular weight is 283 g/mol. The van der Waals surface area contributed by atoms with Crippen molar-refractivity contribution in [3.05, 3.63) is 0 Å². The largest absolute Gasteiger partial charge is 0.392 e. The first-order valence-electron chi connectivity index (χ1n) is 8.87. The van der Waals surface area contributed by atoms with Crippen molar-refractivity contribution in [3.63, 3.8) is 0 Å². The minimum atomic E-state index is -0.228. The fourth-order valence-electron chi connectivity index (χ4n) is 4.01. The van der Waals surface area contributed by atoms with Gasteiger partial charge in [-0.2, -0.15) is 0 Å². The van der Waals surface area contributed by atoms with Gasteiger partial charge in [-0.25, -0.2) is 0 Å². The molecule has 0 amide bonds. The number of rotatable bonds is 9. The van der Waals surface area contributed by atoms with E-state index >= 15 is 0 Å². The number of aliphatic hydroxyl groups excluding tert-OH is 1. The van der Waals surface area contributed by atoms with Crippen molar-refractivity contribution in [3.8, 4) is 0 Å². The summed E-state index contributed by atoms with van der Waals surface area (Å²) in [5.74, 6) is 0. The second-order valence-electron chi connectivity index (χ2n) is 7.68. The lowest BCUT2D eigenvalue weighted by Gasteiger charge is -2.49. The lowest BCUT2D eigenvalue weighted by molar-refractivity contribution is -0.0933. The summed E-state index contributed by atoms with van der Waals surface area (Å²) in [7, 11) is 0. The fourth-order valence-corrected chi connectivity index (χ4v) is 4.01. The first-order valence-corrected chi connectivity index (χ1v) is 8.87. The third-order valence-corrected chi connectivity index (χ3v) is 5.50. The van der Waals surface area contributed by atoms with E-state index < -0.39 is 0 Å². The highest BCUT2D eigenvalue weighted by molar-refractivity contribution is 4.98. The van der Waals surface area contributed by atoms with Crippen LogP contribution in [0.3, 0.4) is 0 Å². The van der Waals surface area contributed by atoms with Crippen LogP contribution in [-0.4, -0.2) is 17.8 Å². The maximum Gasteiger partial charge on any atom is 0.0659 e. The summed E-state index contributed by atoms with van der Waals surface area (Å²) in [6.07, 6.45) is 13.7. The van der Waals surface area contributed by atoms with E-state index in [9.17, 15) is 5.11 Å². The van der Waals surface area contributed by atoms with Crippen molar-refractivity contribution in [2.45, 2.75) is 97.5 Å².